The van der Waals surface area contributed by atoms with Crippen molar-refractivity contribution in [1.29, 1.82) is 0 Å². The second-order valence-electron chi connectivity index (χ2n) is 4.78. The van der Waals surface area contributed by atoms with Crippen LogP contribution in [0, 0.1) is 0 Å². The van der Waals surface area contributed by atoms with E-state index < -0.39 is 19.9 Å². The lowest BCUT2D eigenvalue weighted by Crippen LogP contribution is -2.33. The maximum atomic E-state index is 12.3. The number of rotatable bonds is 7. The summed E-state index contributed by atoms with van der Waals surface area (Å²) >= 11 is 0. The Bertz CT molecular complexity index is 698. The first-order chi connectivity index (χ1) is 9.58. The van der Waals surface area contributed by atoms with Crippen molar-refractivity contribution in [2.75, 3.05) is 25.7 Å². The summed E-state index contributed by atoms with van der Waals surface area (Å²) in [6.07, 6.45) is 1.49. The number of sulfone groups is 1. The molecule has 21 heavy (non-hydrogen) atoms. The molecule has 1 aromatic carbocycles. The van der Waals surface area contributed by atoms with Gasteiger partial charge in [0.1, 0.15) is 4.90 Å². The Morgan fingerprint density at radius 3 is 2.43 bits per heavy atom. The number of ether oxygens (including phenoxy) is 1. The van der Waals surface area contributed by atoms with Crippen LogP contribution >= 0.6 is 0 Å². The van der Waals surface area contributed by atoms with Gasteiger partial charge in [0, 0.05) is 26.0 Å². The Morgan fingerprint density at radius 2 is 1.90 bits per heavy atom. The molecule has 0 aromatic heterocycles. The summed E-state index contributed by atoms with van der Waals surface area (Å²) in [6.45, 7) is 2.09. The number of benzene rings is 1. The first kappa shape index (κ1) is 17.9. The van der Waals surface area contributed by atoms with E-state index in [2.05, 4.69) is 4.72 Å². The van der Waals surface area contributed by atoms with Crippen molar-refractivity contribution in [3.8, 4) is 0 Å². The standard InChI is InChI=1S/C12H20N2O5S2/c1-9(6-7-19-2)14-21(17,18)12-8-10(20(3,15)16)4-5-11(12)13/h4-5,8-9,14H,6-7,13H2,1-3H3. The second-order valence-corrected chi connectivity index (χ2v) is 8.47. The normalized spacial score (nSPS) is 14.0. The molecule has 7 nitrogen and oxygen atoms in total. The molecule has 0 fully saturated rings. The summed E-state index contributed by atoms with van der Waals surface area (Å²) in [5.41, 5.74) is 5.65. The van der Waals surface area contributed by atoms with Gasteiger partial charge in [-0.2, -0.15) is 0 Å². The summed E-state index contributed by atoms with van der Waals surface area (Å²) < 4.78 is 54.9. The highest BCUT2D eigenvalue weighted by atomic mass is 32.2. The summed E-state index contributed by atoms with van der Waals surface area (Å²) in [4.78, 5) is -0.337. The van der Waals surface area contributed by atoms with Gasteiger partial charge >= 0.3 is 0 Å². The summed E-state index contributed by atoms with van der Waals surface area (Å²) in [6, 6.07) is 3.25. The second kappa shape index (κ2) is 6.73. The number of nitrogens with two attached hydrogens (primary N) is 1. The predicted octanol–water partition coefficient (Wildman–Crippen LogP) is 0.376. The Balaban J connectivity index is 3.14. The highest BCUT2D eigenvalue weighted by molar-refractivity contribution is 7.91. The van der Waals surface area contributed by atoms with Crippen molar-refractivity contribution in [2.45, 2.75) is 29.2 Å². The minimum atomic E-state index is -3.90. The number of hydrogen-bond donors (Lipinski definition) is 2. The Morgan fingerprint density at radius 1 is 1.29 bits per heavy atom. The van der Waals surface area contributed by atoms with Crippen LogP contribution in [0.1, 0.15) is 13.3 Å². The molecule has 0 saturated heterocycles. The molecule has 9 heteroatoms. The molecule has 0 aliphatic heterocycles. The Hall–Kier alpha value is -1.16. The summed E-state index contributed by atoms with van der Waals surface area (Å²) in [7, 11) is -5.89. The molecule has 0 aliphatic carbocycles. The zero-order chi connectivity index (χ0) is 16.3. The van der Waals surface area contributed by atoms with Crippen molar-refractivity contribution >= 4 is 25.5 Å². The van der Waals surface area contributed by atoms with Crippen molar-refractivity contribution < 1.29 is 21.6 Å². The number of hydrogen-bond acceptors (Lipinski definition) is 6. The fourth-order valence-electron chi connectivity index (χ4n) is 1.66. The van der Waals surface area contributed by atoms with Gasteiger partial charge in [-0.1, -0.05) is 0 Å². The molecule has 0 spiro atoms. The molecule has 3 N–H and O–H groups in total. The third kappa shape index (κ3) is 4.95. The van der Waals surface area contributed by atoms with Crippen LogP contribution in [-0.2, 0) is 24.6 Å². The van der Waals surface area contributed by atoms with Crippen LogP contribution in [0.15, 0.2) is 28.0 Å². The van der Waals surface area contributed by atoms with E-state index >= 15 is 0 Å². The minimum absolute atomic E-state index is 0.00570. The highest BCUT2D eigenvalue weighted by Gasteiger charge is 2.22. The lowest BCUT2D eigenvalue weighted by molar-refractivity contribution is 0.188. The number of anilines is 1. The topological polar surface area (TPSA) is 116 Å². The average Bonchev–Trinajstić information content (AvgIpc) is 2.34. The third-order valence-electron chi connectivity index (χ3n) is 2.81. The van der Waals surface area contributed by atoms with Gasteiger partial charge in [-0.25, -0.2) is 21.6 Å². The Kier molecular flexibility index (Phi) is 5.74. The van der Waals surface area contributed by atoms with Crippen LogP contribution < -0.4 is 10.5 Å². The highest BCUT2D eigenvalue weighted by Crippen LogP contribution is 2.22. The number of methoxy groups -OCH3 is 1. The van der Waals surface area contributed by atoms with Crippen LogP contribution in [0.4, 0.5) is 5.69 Å². The molecule has 1 unspecified atom stereocenters. The number of nitrogens with one attached hydrogen (secondary N) is 1. The molecular weight excluding hydrogens is 316 g/mol. The van der Waals surface area contributed by atoms with E-state index in [1.165, 1.54) is 19.2 Å². The lowest BCUT2D eigenvalue weighted by Gasteiger charge is -2.15. The Labute approximate surface area is 125 Å². The average molecular weight is 336 g/mol. The first-order valence-corrected chi connectivity index (χ1v) is 9.56. The molecular formula is C12H20N2O5S2. The van der Waals surface area contributed by atoms with Crippen LogP contribution in [-0.4, -0.2) is 42.8 Å². The molecule has 0 heterocycles. The molecule has 0 saturated carbocycles. The zero-order valence-corrected chi connectivity index (χ0v) is 13.8. The van der Waals surface area contributed by atoms with Crippen LogP contribution in [0.2, 0.25) is 0 Å². The molecule has 0 bridgehead atoms. The van der Waals surface area contributed by atoms with Gasteiger partial charge in [-0.3, -0.25) is 0 Å². The molecule has 0 radical (unpaired) electrons. The van der Waals surface area contributed by atoms with Gasteiger partial charge in [0.15, 0.2) is 9.84 Å². The minimum Gasteiger partial charge on any atom is -0.398 e. The van der Waals surface area contributed by atoms with Gasteiger partial charge in [-0.15, -0.1) is 0 Å². The lowest BCUT2D eigenvalue weighted by atomic mass is 10.3. The van der Waals surface area contributed by atoms with E-state index in [1.54, 1.807) is 6.92 Å². The number of sulfonamides is 1. The quantitative estimate of drug-likeness (QED) is 0.695. The van der Waals surface area contributed by atoms with Gasteiger partial charge in [0.25, 0.3) is 0 Å². The zero-order valence-electron chi connectivity index (χ0n) is 12.2. The van der Waals surface area contributed by atoms with Gasteiger partial charge in [0.05, 0.1) is 10.6 Å². The largest absolute Gasteiger partial charge is 0.398 e. The smallest absolute Gasteiger partial charge is 0.242 e. The molecule has 120 valence electrons. The molecule has 1 rings (SSSR count). The van der Waals surface area contributed by atoms with Gasteiger partial charge < -0.3 is 10.5 Å². The molecule has 1 aromatic rings. The maximum Gasteiger partial charge on any atom is 0.242 e. The van der Waals surface area contributed by atoms with Crippen LogP contribution in [0.3, 0.4) is 0 Å². The monoisotopic (exact) mass is 336 g/mol. The van der Waals surface area contributed by atoms with Crippen molar-refractivity contribution in [1.82, 2.24) is 4.72 Å². The predicted molar refractivity (Wildman–Crippen MR) is 80.2 cm³/mol. The number of nitrogen functional groups attached to an aromatic ring is 1. The van der Waals surface area contributed by atoms with Crippen molar-refractivity contribution in [2.24, 2.45) is 0 Å². The van der Waals surface area contributed by atoms with Gasteiger partial charge in [-0.05, 0) is 31.5 Å². The van der Waals surface area contributed by atoms with Gasteiger partial charge in [0.2, 0.25) is 10.0 Å². The summed E-state index contributed by atoms with van der Waals surface area (Å²) in [5, 5.41) is 0. The maximum absolute atomic E-state index is 12.3. The van der Waals surface area contributed by atoms with E-state index in [0.29, 0.717) is 13.0 Å². The van der Waals surface area contributed by atoms with Crippen LogP contribution in [0.5, 0.6) is 0 Å². The third-order valence-corrected chi connectivity index (χ3v) is 5.57. The van der Waals surface area contributed by atoms with E-state index in [1.807, 2.05) is 0 Å². The summed E-state index contributed by atoms with van der Waals surface area (Å²) in [5.74, 6) is 0. The van der Waals surface area contributed by atoms with E-state index in [0.717, 1.165) is 12.3 Å². The van der Waals surface area contributed by atoms with Crippen molar-refractivity contribution in [3.63, 3.8) is 0 Å². The van der Waals surface area contributed by atoms with E-state index in [4.69, 9.17) is 10.5 Å². The fraction of sp³-hybridized carbons (Fsp3) is 0.500. The molecule has 0 aliphatic rings. The van der Waals surface area contributed by atoms with E-state index in [9.17, 15) is 16.8 Å². The van der Waals surface area contributed by atoms with Crippen LogP contribution in [0.25, 0.3) is 0 Å². The SMILES string of the molecule is COCCC(C)NS(=O)(=O)c1cc(S(C)(=O)=O)ccc1N. The van der Waals surface area contributed by atoms with Crippen molar-refractivity contribution in [3.05, 3.63) is 18.2 Å². The first-order valence-electron chi connectivity index (χ1n) is 6.19. The van der Waals surface area contributed by atoms with E-state index in [-0.39, 0.29) is 21.5 Å². The molecule has 0 amide bonds. The molecule has 1 atom stereocenters. The fourth-order valence-corrected chi connectivity index (χ4v) is 3.82.